The van der Waals surface area contributed by atoms with Crippen LogP contribution in [0.3, 0.4) is 0 Å². The number of rotatable bonds is 5. The predicted molar refractivity (Wildman–Crippen MR) is 91.7 cm³/mol. The summed E-state index contributed by atoms with van der Waals surface area (Å²) in [7, 11) is 0. The van der Waals surface area contributed by atoms with E-state index in [1.807, 2.05) is 6.08 Å². The summed E-state index contributed by atoms with van der Waals surface area (Å²) in [5, 5.41) is 0. The Balaban J connectivity index is 2.12. The van der Waals surface area contributed by atoms with Crippen molar-refractivity contribution >= 4 is 0 Å². The second-order valence-electron chi connectivity index (χ2n) is 5.63. The van der Waals surface area contributed by atoms with E-state index in [1.54, 1.807) is 0 Å². The summed E-state index contributed by atoms with van der Waals surface area (Å²) in [5.74, 6) is 0.496. The molecule has 0 bridgehead atoms. The van der Waals surface area contributed by atoms with Crippen LogP contribution in [0.25, 0.3) is 11.1 Å². The van der Waals surface area contributed by atoms with Crippen molar-refractivity contribution < 1.29 is 0 Å². The fraction of sp³-hybridized carbons (Fsp3) is 0.238. The maximum atomic E-state index is 3.92. The summed E-state index contributed by atoms with van der Waals surface area (Å²) in [5.41, 5.74) is 7.24. The quantitative estimate of drug-likeness (QED) is 0.597. The molecule has 0 nitrogen and oxygen atoms in total. The van der Waals surface area contributed by atoms with Gasteiger partial charge in [0, 0.05) is 5.92 Å². The highest BCUT2D eigenvalue weighted by Gasteiger charge is 2.29. The van der Waals surface area contributed by atoms with E-state index >= 15 is 0 Å². The zero-order chi connectivity index (χ0) is 14.7. The van der Waals surface area contributed by atoms with E-state index in [0.717, 1.165) is 19.3 Å². The van der Waals surface area contributed by atoms with E-state index in [4.69, 9.17) is 0 Å². The SMILES string of the molecule is C=CCc1cccc2c1C(C/C=C/CC)c1ccccc1-2. The fourth-order valence-corrected chi connectivity index (χ4v) is 3.44. The zero-order valence-corrected chi connectivity index (χ0v) is 12.7. The van der Waals surface area contributed by atoms with Gasteiger partial charge < -0.3 is 0 Å². The molecule has 0 spiro atoms. The number of fused-ring (bicyclic) bond motifs is 3. The molecule has 21 heavy (non-hydrogen) atoms. The zero-order valence-electron chi connectivity index (χ0n) is 12.7. The second-order valence-corrected chi connectivity index (χ2v) is 5.63. The Bertz CT molecular complexity index is 676. The van der Waals surface area contributed by atoms with Crippen LogP contribution in [-0.4, -0.2) is 0 Å². The second kappa shape index (κ2) is 6.13. The van der Waals surface area contributed by atoms with Crippen LogP contribution in [0.5, 0.6) is 0 Å². The molecule has 0 aliphatic heterocycles. The molecule has 106 valence electrons. The van der Waals surface area contributed by atoms with Gasteiger partial charge in [-0.3, -0.25) is 0 Å². The first kappa shape index (κ1) is 13.9. The molecular formula is C21H22. The Kier molecular flexibility index (Phi) is 4.06. The van der Waals surface area contributed by atoms with Crippen LogP contribution >= 0.6 is 0 Å². The highest BCUT2D eigenvalue weighted by atomic mass is 14.3. The number of hydrogen-bond donors (Lipinski definition) is 0. The van der Waals surface area contributed by atoms with Gasteiger partial charge in [-0.1, -0.05) is 67.6 Å². The third-order valence-electron chi connectivity index (χ3n) is 4.31. The van der Waals surface area contributed by atoms with Gasteiger partial charge in [0.1, 0.15) is 0 Å². The molecule has 0 heteroatoms. The van der Waals surface area contributed by atoms with Crippen LogP contribution in [0.4, 0.5) is 0 Å². The van der Waals surface area contributed by atoms with Crippen LogP contribution in [0.2, 0.25) is 0 Å². The van der Waals surface area contributed by atoms with E-state index in [9.17, 15) is 0 Å². The van der Waals surface area contributed by atoms with Crippen molar-refractivity contribution in [2.45, 2.75) is 32.1 Å². The third kappa shape index (κ3) is 2.47. The number of hydrogen-bond acceptors (Lipinski definition) is 0. The molecule has 1 atom stereocenters. The third-order valence-corrected chi connectivity index (χ3v) is 4.31. The molecule has 0 N–H and O–H groups in total. The van der Waals surface area contributed by atoms with Crippen molar-refractivity contribution in [1.29, 1.82) is 0 Å². The van der Waals surface area contributed by atoms with E-state index in [-0.39, 0.29) is 0 Å². The maximum Gasteiger partial charge on any atom is 0.0139 e. The Morgan fingerprint density at radius 3 is 2.62 bits per heavy atom. The highest BCUT2D eigenvalue weighted by Crippen LogP contribution is 2.48. The first-order valence-electron chi connectivity index (χ1n) is 7.83. The minimum Gasteiger partial charge on any atom is -0.103 e. The molecule has 0 fully saturated rings. The Morgan fingerprint density at radius 1 is 1.00 bits per heavy atom. The van der Waals surface area contributed by atoms with Crippen molar-refractivity contribution in [3.63, 3.8) is 0 Å². The standard InChI is InChI=1S/C21H22/c1-3-5-6-14-19-17-12-7-8-13-18(17)20-15-9-11-16(10-4-2)21(19)20/h4-9,11-13,15,19H,2-3,10,14H2,1H3/b6-5+. The lowest BCUT2D eigenvalue weighted by molar-refractivity contribution is 0.839. The summed E-state index contributed by atoms with van der Waals surface area (Å²) >= 11 is 0. The number of allylic oxidation sites excluding steroid dienone is 3. The first-order chi connectivity index (χ1) is 10.4. The van der Waals surface area contributed by atoms with Gasteiger partial charge in [0.2, 0.25) is 0 Å². The molecule has 0 amide bonds. The van der Waals surface area contributed by atoms with E-state index < -0.39 is 0 Å². The molecule has 2 aromatic carbocycles. The first-order valence-corrected chi connectivity index (χ1v) is 7.83. The molecule has 1 aliphatic carbocycles. The average Bonchev–Trinajstić information content (AvgIpc) is 2.84. The van der Waals surface area contributed by atoms with Crippen molar-refractivity contribution in [3.8, 4) is 11.1 Å². The summed E-state index contributed by atoms with van der Waals surface area (Å²) < 4.78 is 0. The largest absolute Gasteiger partial charge is 0.103 e. The van der Waals surface area contributed by atoms with Crippen LogP contribution in [0.1, 0.15) is 42.4 Å². The molecule has 2 aromatic rings. The molecule has 1 unspecified atom stereocenters. The molecular weight excluding hydrogens is 252 g/mol. The van der Waals surface area contributed by atoms with Crippen molar-refractivity contribution in [2.24, 2.45) is 0 Å². The maximum absolute atomic E-state index is 3.92. The lowest BCUT2D eigenvalue weighted by Gasteiger charge is -2.15. The molecule has 3 rings (SSSR count). The average molecular weight is 274 g/mol. The van der Waals surface area contributed by atoms with Gasteiger partial charge in [0.15, 0.2) is 0 Å². The Labute approximate surface area is 127 Å². The van der Waals surface area contributed by atoms with Gasteiger partial charge in [-0.2, -0.15) is 0 Å². The monoisotopic (exact) mass is 274 g/mol. The highest BCUT2D eigenvalue weighted by molar-refractivity contribution is 5.80. The van der Waals surface area contributed by atoms with Crippen LogP contribution in [0.15, 0.2) is 67.3 Å². The van der Waals surface area contributed by atoms with Crippen molar-refractivity contribution in [3.05, 3.63) is 84.0 Å². The minimum atomic E-state index is 0.496. The smallest absolute Gasteiger partial charge is 0.0139 e. The van der Waals surface area contributed by atoms with E-state index in [1.165, 1.54) is 27.8 Å². The molecule has 0 aromatic heterocycles. The lowest BCUT2D eigenvalue weighted by atomic mass is 9.89. The van der Waals surface area contributed by atoms with Gasteiger partial charge in [0.05, 0.1) is 0 Å². The topological polar surface area (TPSA) is 0 Å². The van der Waals surface area contributed by atoms with Crippen molar-refractivity contribution in [1.82, 2.24) is 0 Å². The fourth-order valence-electron chi connectivity index (χ4n) is 3.44. The molecule has 1 aliphatic rings. The van der Waals surface area contributed by atoms with Crippen LogP contribution < -0.4 is 0 Å². The minimum absolute atomic E-state index is 0.496. The van der Waals surface area contributed by atoms with Gasteiger partial charge in [0.25, 0.3) is 0 Å². The van der Waals surface area contributed by atoms with E-state index in [0.29, 0.717) is 5.92 Å². The number of benzene rings is 2. The van der Waals surface area contributed by atoms with Crippen molar-refractivity contribution in [2.75, 3.05) is 0 Å². The molecule has 0 radical (unpaired) electrons. The summed E-state index contributed by atoms with van der Waals surface area (Å²) in [4.78, 5) is 0. The van der Waals surface area contributed by atoms with Crippen LogP contribution in [0, 0.1) is 0 Å². The van der Waals surface area contributed by atoms with Gasteiger partial charge in [-0.15, -0.1) is 6.58 Å². The molecule has 0 heterocycles. The molecule has 0 saturated carbocycles. The molecule has 0 saturated heterocycles. The summed E-state index contributed by atoms with van der Waals surface area (Å²) in [6.07, 6.45) is 9.77. The van der Waals surface area contributed by atoms with Gasteiger partial charge in [-0.25, -0.2) is 0 Å². The van der Waals surface area contributed by atoms with Crippen LogP contribution in [-0.2, 0) is 6.42 Å². The van der Waals surface area contributed by atoms with E-state index in [2.05, 4.69) is 68.1 Å². The Morgan fingerprint density at radius 2 is 1.81 bits per heavy atom. The predicted octanol–water partition coefficient (Wildman–Crippen LogP) is 5.88. The summed E-state index contributed by atoms with van der Waals surface area (Å²) in [6.45, 7) is 6.11. The Hall–Kier alpha value is -2.08. The summed E-state index contributed by atoms with van der Waals surface area (Å²) in [6, 6.07) is 15.6. The van der Waals surface area contributed by atoms with Gasteiger partial charge >= 0.3 is 0 Å². The van der Waals surface area contributed by atoms with Gasteiger partial charge in [-0.05, 0) is 47.1 Å². The normalized spacial score (nSPS) is 16.0. The lowest BCUT2D eigenvalue weighted by Crippen LogP contribution is -1.99.